The maximum atomic E-state index is 12.3. The molecule has 0 aliphatic rings. The highest BCUT2D eigenvalue weighted by Gasteiger charge is 2.11. The largest absolute Gasteiger partial charge is 0.350 e. The van der Waals surface area contributed by atoms with Crippen LogP contribution in [0.5, 0.6) is 0 Å². The van der Waals surface area contributed by atoms with Gasteiger partial charge in [0.05, 0.1) is 5.75 Å². The van der Waals surface area contributed by atoms with Crippen LogP contribution in [0.4, 0.5) is 5.69 Å². The molecule has 0 aliphatic carbocycles. The number of amides is 1. The standard InChI is InChI=1S/C19H24N2O3S/c1-3-25(23,24)21-18-13-11-17(12-14-18)19(22)20-15(2)9-10-16-7-5-4-6-8-16/h4-8,11-15,21H,3,9-10H2,1-2H3,(H,20,22)/t15-/m1/s1. The second-order valence-corrected chi connectivity index (χ2v) is 7.99. The average molecular weight is 360 g/mol. The Morgan fingerprint density at radius 1 is 1.04 bits per heavy atom. The molecule has 0 unspecified atom stereocenters. The number of hydrogen-bond donors (Lipinski definition) is 2. The van der Waals surface area contributed by atoms with Gasteiger partial charge in [-0.25, -0.2) is 8.42 Å². The van der Waals surface area contributed by atoms with Crippen LogP contribution in [-0.2, 0) is 16.4 Å². The molecule has 0 spiro atoms. The third kappa shape index (κ3) is 6.23. The van der Waals surface area contributed by atoms with Crippen molar-refractivity contribution in [3.05, 3.63) is 65.7 Å². The van der Waals surface area contributed by atoms with Gasteiger partial charge in [0.15, 0.2) is 0 Å². The van der Waals surface area contributed by atoms with E-state index in [1.54, 1.807) is 31.2 Å². The first-order chi connectivity index (χ1) is 11.9. The van der Waals surface area contributed by atoms with Gasteiger partial charge in [-0.15, -0.1) is 0 Å². The Bertz CT molecular complexity index is 787. The summed E-state index contributed by atoms with van der Waals surface area (Å²) < 4.78 is 25.5. The minimum Gasteiger partial charge on any atom is -0.350 e. The molecule has 0 fully saturated rings. The van der Waals surface area contributed by atoms with Crippen LogP contribution >= 0.6 is 0 Å². The van der Waals surface area contributed by atoms with Crippen LogP contribution < -0.4 is 10.0 Å². The van der Waals surface area contributed by atoms with Gasteiger partial charge in [-0.3, -0.25) is 9.52 Å². The normalized spacial score (nSPS) is 12.4. The van der Waals surface area contributed by atoms with Gasteiger partial charge in [0, 0.05) is 17.3 Å². The first-order valence-electron chi connectivity index (χ1n) is 8.35. The fourth-order valence-corrected chi connectivity index (χ4v) is 2.99. The molecule has 5 nitrogen and oxygen atoms in total. The van der Waals surface area contributed by atoms with Gasteiger partial charge in [-0.1, -0.05) is 30.3 Å². The summed E-state index contributed by atoms with van der Waals surface area (Å²) >= 11 is 0. The zero-order valence-corrected chi connectivity index (χ0v) is 15.3. The van der Waals surface area contributed by atoms with E-state index >= 15 is 0 Å². The molecule has 6 heteroatoms. The van der Waals surface area contributed by atoms with Gasteiger partial charge in [0.2, 0.25) is 10.0 Å². The third-order valence-corrected chi connectivity index (χ3v) is 5.19. The summed E-state index contributed by atoms with van der Waals surface area (Å²) in [6.07, 6.45) is 1.75. The van der Waals surface area contributed by atoms with E-state index in [0.29, 0.717) is 11.3 Å². The van der Waals surface area contributed by atoms with Gasteiger partial charge in [0.1, 0.15) is 0 Å². The number of aryl methyl sites for hydroxylation is 1. The minimum atomic E-state index is -3.31. The van der Waals surface area contributed by atoms with Crippen molar-refractivity contribution in [3.8, 4) is 0 Å². The lowest BCUT2D eigenvalue weighted by atomic mass is 10.1. The Morgan fingerprint density at radius 3 is 2.28 bits per heavy atom. The number of carbonyl (C=O) groups is 1. The predicted octanol–water partition coefficient (Wildman–Crippen LogP) is 3.20. The number of rotatable bonds is 8. The maximum Gasteiger partial charge on any atom is 0.251 e. The lowest BCUT2D eigenvalue weighted by molar-refractivity contribution is 0.0938. The molecule has 0 saturated carbocycles. The fourth-order valence-electron chi connectivity index (χ4n) is 2.35. The lowest BCUT2D eigenvalue weighted by Gasteiger charge is -2.14. The van der Waals surface area contributed by atoms with Gasteiger partial charge < -0.3 is 5.32 Å². The Morgan fingerprint density at radius 2 is 1.68 bits per heavy atom. The molecular weight excluding hydrogens is 336 g/mol. The highest BCUT2D eigenvalue weighted by atomic mass is 32.2. The summed E-state index contributed by atoms with van der Waals surface area (Å²) in [4.78, 5) is 12.3. The Balaban J connectivity index is 1.87. The van der Waals surface area contributed by atoms with Crippen LogP contribution in [0, 0.1) is 0 Å². The summed E-state index contributed by atoms with van der Waals surface area (Å²) in [5.74, 6) is -0.154. The number of sulfonamides is 1. The molecule has 0 bridgehead atoms. The van der Waals surface area contributed by atoms with Crippen LogP contribution in [0.15, 0.2) is 54.6 Å². The second-order valence-electron chi connectivity index (χ2n) is 5.98. The number of anilines is 1. The highest BCUT2D eigenvalue weighted by molar-refractivity contribution is 7.92. The van der Waals surface area contributed by atoms with Crippen molar-refractivity contribution in [2.75, 3.05) is 10.5 Å². The zero-order chi connectivity index (χ0) is 18.3. The molecule has 2 rings (SSSR count). The molecule has 0 heterocycles. The monoisotopic (exact) mass is 360 g/mol. The summed E-state index contributed by atoms with van der Waals surface area (Å²) in [6, 6.07) is 16.6. The van der Waals surface area contributed by atoms with E-state index in [4.69, 9.17) is 0 Å². The van der Waals surface area contributed by atoms with E-state index in [-0.39, 0.29) is 17.7 Å². The summed E-state index contributed by atoms with van der Waals surface area (Å²) in [6.45, 7) is 3.55. The van der Waals surface area contributed by atoms with Crippen molar-refractivity contribution in [1.82, 2.24) is 5.32 Å². The molecule has 0 aromatic heterocycles. The number of carbonyl (C=O) groups excluding carboxylic acids is 1. The van der Waals surface area contributed by atoms with E-state index in [2.05, 4.69) is 22.2 Å². The van der Waals surface area contributed by atoms with Crippen molar-refractivity contribution in [2.24, 2.45) is 0 Å². The topological polar surface area (TPSA) is 75.3 Å². The van der Waals surface area contributed by atoms with Gasteiger partial charge in [0.25, 0.3) is 5.91 Å². The summed E-state index contributed by atoms with van der Waals surface area (Å²) in [5, 5.41) is 2.97. The van der Waals surface area contributed by atoms with Crippen LogP contribution in [-0.4, -0.2) is 26.1 Å². The van der Waals surface area contributed by atoms with Gasteiger partial charge in [-0.2, -0.15) is 0 Å². The number of hydrogen-bond acceptors (Lipinski definition) is 3. The van der Waals surface area contributed by atoms with Crippen molar-refractivity contribution in [1.29, 1.82) is 0 Å². The van der Waals surface area contributed by atoms with E-state index in [9.17, 15) is 13.2 Å². The van der Waals surface area contributed by atoms with E-state index in [0.717, 1.165) is 12.8 Å². The molecule has 0 aliphatic heterocycles. The Hall–Kier alpha value is -2.34. The maximum absolute atomic E-state index is 12.3. The van der Waals surface area contributed by atoms with Crippen LogP contribution in [0.25, 0.3) is 0 Å². The first-order valence-corrected chi connectivity index (χ1v) is 10.00. The predicted molar refractivity (Wildman–Crippen MR) is 101 cm³/mol. The van der Waals surface area contributed by atoms with Crippen LogP contribution in [0.3, 0.4) is 0 Å². The Labute approximate surface area is 149 Å². The van der Waals surface area contributed by atoms with Crippen molar-refractivity contribution >= 4 is 21.6 Å². The molecular formula is C19H24N2O3S. The lowest BCUT2D eigenvalue weighted by Crippen LogP contribution is -2.32. The zero-order valence-electron chi connectivity index (χ0n) is 14.5. The van der Waals surface area contributed by atoms with E-state index < -0.39 is 10.0 Å². The SMILES string of the molecule is CCS(=O)(=O)Nc1ccc(C(=O)N[C@H](C)CCc2ccccc2)cc1. The molecule has 1 atom stereocenters. The molecule has 134 valence electrons. The van der Waals surface area contributed by atoms with Crippen molar-refractivity contribution in [3.63, 3.8) is 0 Å². The molecule has 2 aromatic carbocycles. The molecule has 0 radical (unpaired) electrons. The summed E-state index contributed by atoms with van der Waals surface area (Å²) in [7, 11) is -3.31. The smallest absolute Gasteiger partial charge is 0.251 e. The van der Waals surface area contributed by atoms with Gasteiger partial charge >= 0.3 is 0 Å². The van der Waals surface area contributed by atoms with Crippen molar-refractivity contribution < 1.29 is 13.2 Å². The van der Waals surface area contributed by atoms with E-state index in [1.165, 1.54) is 5.56 Å². The third-order valence-electron chi connectivity index (χ3n) is 3.89. The molecule has 25 heavy (non-hydrogen) atoms. The molecule has 2 N–H and O–H groups in total. The summed E-state index contributed by atoms with van der Waals surface area (Å²) in [5.41, 5.74) is 2.21. The second kappa shape index (κ2) is 8.67. The number of nitrogens with one attached hydrogen (secondary N) is 2. The fraction of sp³-hybridized carbons (Fsp3) is 0.316. The van der Waals surface area contributed by atoms with Crippen LogP contribution in [0.1, 0.15) is 36.2 Å². The van der Waals surface area contributed by atoms with Gasteiger partial charge in [-0.05, 0) is 56.5 Å². The molecule has 1 amide bonds. The molecule has 0 saturated heterocycles. The highest BCUT2D eigenvalue weighted by Crippen LogP contribution is 2.12. The Kier molecular flexibility index (Phi) is 6.58. The first kappa shape index (κ1) is 19.0. The van der Waals surface area contributed by atoms with Crippen LogP contribution in [0.2, 0.25) is 0 Å². The number of benzene rings is 2. The van der Waals surface area contributed by atoms with Crippen molar-refractivity contribution in [2.45, 2.75) is 32.7 Å². The quantitative estimate of drug-likeness (QED) is 0.759. The van der Waals surface area contributed by atoms with E-state index in [1.807, 2.05) is 25.1 Å². The average Bonchev–Trinajstić information content (AvgIpc) is 2.61. The molecule has 2 aromatic rings. The minimum absolute atomic E-state index is 0.00810.